The first-order valence-corrected chi connectivity index (χ1v) is 14.7. The Morgan fingerprint density at radius 3 is 2.40 bits per heavy atom. The third kappa shape index (κ3) is 6.04. The van der Waals surface area contributed by atoms with Crippen LogP contribution in [0.5, 0.6) is 5.75 Å². The van der Waals surface area contributed by atoms with E-state index in [0.29, 0.717) is 49.1 Å². The molecular formula is C34H42F3N3O3. The molecule has 0 saturated carbocycles. The van der Waals surface area contributed by atoms with Crippen LogP contribution in [0.1, 0.15) is 73.0 Å². The topological polar surface area (TPSA) is 53.1 Å². The van der Waals surface area contributed by atoms with Gasteiger partial charge in [-0.05, 0) is 86.1 Å². The zero-order valence-electron chi connectivity index (χ0n) is 25.7. The summed E-state index contributed by atoms with van der Waals surface area (Å²) in [6, 6.07) is 8.05. The molecule has 3 amide bonds. The Balaban J connectivity index is 1.75. The van der Waals surface area contributed by atoms with Gasteiger partial charge in [0.2, 0.25) is 5.91 Å². The molecule has 9 heteroatoms. The smallest absolute Gasteiger partial charge is 0.416 e. The number of carbonyl (C=O) groups is 2. The van der Waals surface area contributed by atoms with E-state index in [-0.39, 0.29) is 24.5 Å². The number of amides is 3. The van der Waals surface area contributed by atoms with Crippen LogP contribution in [0.25, 0.3) is 0 Å². The number of carbonyl (C=O) groups excluding carboxylic acids is 2. The van der Waals surface area contributed by atoms with Crippen molar-refractivity contribution in [1.29, 1.82) is 0 Å². The van der Waals surface area contributed by atoms with Gasteiger partial charge in [-0.3, -0.25) is 4.79 Å². The lowest BCUT2D eigenvalue weighted by molar-refractivity contribution is -0.139. The molecule has 2 aromatic rings. The molecule has 1 unspecified atom stereocenters. The number of nitrogens with zero attached hydrogens (tertiary/aromatic N) is 3. The third-order valence-corrected chi connectivity index (χ3v) is 9.22. The minimum absolute atomic E-state index is 0.0401. The molecule has 0 bridgehead atoms. The van der Waals surface area contributed by atoms with Gasteiger partial charge in [0.1, 0.15) is 5.75 Å². The lowest BCUT2D eigenvalue weighted by atomic mass is 9.76. The average Bonchev–Trinajstić information content (AvgIpc) is 3.25. The fraction of sp³-hybridized carbons (Fsp3) is 0.471. The van der Waals surface area contributed by atoms with Gasteiger partial charge < -0.3 is 19.4 Å². The highest BCUT2D eigenvalue weighted by Crippen LogP contribution is 2.50. The monoisotopic (exact) mass is 597 g/mol. The Labute approximate surface area is 252 Å². The maximum absolute atomic E-state index is 14.3. The van der Waals surface area contributed by atoms with Gasteiger partial charge in [0.25, 0.3) is 0 Å². The first-order valence-electron chi connectivity index (χ1n) is 14.7. The second-order valence-corrected chi connectivity index (χ2v) is 11.8. The van der Waals surface area contributed by atoms with Gasteiger partial charge in [-0.1, -0.05) is 31.2 Å². The summed E-state index contributed by atoms with van der Waals surface area (Å²) in [4.78, 5) is 33.4. The van der Waals surface area contributed by atoms with E-state index in [2.05, 4.69) is 13.2 Å². The molecule has 2 aliphatic heterocycles. The summed E-state index contributed by atoms with van der Waals surface area (Å²) in [5.74, 6) is 0.724. The number of halogens is 3. The van der Waals surface area contributed by atoms with E-state index >= 15 is 0 Å². The largest absolute Gasteiger partial charge is 0.497 e. The van der Waals surface area contributed by atoms with Crippen molar-refractivity contribution in [2.45, 2.75) is 70.8 Å². The maximum Gasteiger partial charge on any atom is 0.416 e. The van der Waals surface area contributed by atoms with Crippen LogP contribution in [0.2, 0.25) is 0 Å². The van der Waals surface area contributed by atoms with Crippen molar-refractivity contribution in [2.75, 3.05) is 27.2 Å². The van der Waals surface area contributed by atoms with Crippen molar-refractivity contribution < 1.29 is 27.5 Å². The molecule has 3 atom stereocenters. The Morgan fingerprint density at radius 2 is 1.84 bits per heavy atom. The van der Waals surface area contributed by atoms with Crippen LogP contribution in [0.4, 0.5) is 18.0 Å². The second-order valence-electron chi connectivity index (χ2n) is 11.8. The molecule has 232 valence electrons. The van der Waals surface area contributed by atoms with Crippen molar-refractivity contribution in [3.63, 3.8) is 0 Å². The van der Waals surface area contributed by atoms with Gasteiger partial charge in [0.05, 0.1) is 36.2 Å². The highest BCUT2D eigenvalue weighted by Gasteiger charge is 2.56. The summed E-state index contributed by atoms with van der Waals surface area (Å²) in [5, 5.41) is 0. The van der Waals surface area contributed by atoms with Gasteiger partial charge in [-0.15, -0.1) is 13.2 Å². The number of methoxy groups -OCH3 is 1. The Bertz CT molecular complexity index is 1380. The van der Waals surface area contributed by atoms with Crippen LogP contribution >= 0.6 is 0 Å². The molecule has 2 fully saturated rings. The van der Waals surface area contributed by atoms with Crippen LogP contribution in [-0.4, -0.2) is 59.9 Å². The fourth-order valence-corrected chi connectivity index (χ4v) is 6.76. The quantitative estimate of drug-likeness (QED) is 0.282. The van der Waals surface area contributed by atoms with E-state index in [1.165, 1.54) is 4.90 Å². The first kappa shape index (κ1) is 32.2. The molecule has 43 heavy (non-hydrogen) atoms. The summed E-state index contributed by atoms with van der Waals surface area (Å²) < 4.78 is 46.6. The van der Waals surface area contributed by atoms with E-state index in [1.54, 1.807) is 44.2 Å². The highest BCUT2D eigenvalue weighted by molar-refractivity contribution is 5.87. The minimum Gasteiger partial charge on any atom is -0.497 e. The van der Waals surface area contributed by atoms with Crippen molar-refractivity contribution in [3.05, 3.63) is 89.5 Å². The molecule has 2 saturated heterocycles. The van der Waals surface area contributed by atoms with Crippen molar-refractivity contribution in [3.8, 4) is 5.75 Å². The standard InChI is InChI=1S/C34H42F3N3O3/c1-8-13-33(14-9-2)21-29-30(28-12-11-27(43-7)17-22(28)4)40(16-15-39(29)31(33)41)32(42)38(6)23(5)25-18-24(10-3)19-26(20-25)34(35,36)37/h8-9,11-12,17-20,23,29-30H,1-2,10,13-16,21H2,3-7H3/t23-,29+,30?/m1/s1. The minimum atomic E-state index is -4.49. The molecule has 0 aliphatic carbocycles. The molecule has 6 nitrogen and oxygen atoms in total. The van der Waals surface area contributed by atoms with Crippen LogP contribution in [0, 0.1) is 12.3 Å². The molecule has 2 aromatic carbocycles. The zero-order valence-corrected chi connectivity index (χ0v) is 25.7. The second kappa shape index (κ2) is 12.5. The molecule has 0 radical (unpaired) electrons. The van der Waals surface area contributed by atoms with E-state index in [4.69, 9.17) is 4.74 Å². The number of urea groups is 1. The van der Waals surface area contributed by atoms with Crippen molar-refractivity contribution in [1.82, 2.24) is 14.7 Å². The number of rotatable bonds is 9. The summed E-state index contributed by atoms with van der Waals surface area (Å²) in [5.41, 5.74) is 1.40. The number of hydrogen-bond donors (Lipinski definition) is 0. The summed E-state index contributed by atoms with van der Waals surface area (Å²) in [6.07, 6.45) is 1.01. The van der Waals surface area contributed by atoms with Crippen molar-refractivity contribution >= 4 is 11.9 Å². The van der Waals surface area contributed by atoms with E-state index in [1.807, 2.05) is 36.9 Å². The number of aryl methyl sites for hydroxylation is 2. The Hall–Kier alpha value is -3.75. The molecule has 2 heterocycles. The predicted molar refractivity (Wildman–Crippen MR) is 162 cm³/mol. The Kier molecular flexibility index (Phi) is 9.33. The number of allylic oxidation sites excluding steroid dienone is 2. The lowest BCUT2D eigenvalue weighted by Gasteiger charge is -2.47. The van der Waals surface area contributed by atoms with Crippen LogP contribution in [-0.2, 0) is 17.4 Å². The number of hydrogen-bond acceptors (Lipinski definition) is 3. The van der Waals surface area contributed by atoms with Gasteiger partial charge in [0.15, 0.2) is 0 Å². The molecule has 2 aliphatic rings. The van der Waals surface area contributed by atoms with Gasteiger partial charge in [-0.25, -0.2) is 4.79 Å². The molecule has 4 rings (SSSR count). The number of benzene rings is 2. The third-order valence-electron chi connectivity index (χ3n) is 9.22. The van der Waals surface area contributed by atoms with Crippen LogP contribution in [0.15, 0.2) is 61.7 Å². The van der Waals surface area contributed by atoms with E-state index < -0.39 is 29.2 Å². The lowest BCUT2D eigenvalue weighted by Crippen LogP contribution is -2.57. The van der Waals surface area contributed by atoms with Crippen LogP contribution < -0.4 is 4.74 Å². The SMILES string of the molecule is C=CCC1(CC=C)C[C@H]2C(c3ccc(OC)cc3C)N(C(=O)N(C)[C@H](C)c3cc(CC)cc(C(F)(F)F)c3)CCN2C1=O. The average molecular weight is 598 g/mol. The number of ether oxygens (including phenoxy) is 1. The van der Waals surface area contributed by atoms with Crippen molar-refractivity contribution in [2.24, 2.45) is 5.41 Å². The number of alkyl halides is 3. The fourth-order valence-electron chi connectivity index (χ4n) is 6.76. The summed E-state index contributed by atoms with van der Waals surface area (Å²) in [7, 11) is 3.22. The predicted octanol–water partition coefficient (Wildman–Crippen LogP) is 7.49. The first-order chi connectivity index (χ1) is 20.3. The van der Waals surface area contributed by atoms with E-state index in [0.717, 1.165) is 23.3 Å². The van der Waals surface area contributed by atoms with E-state index in [9.17, 15) is 22.8 Å². The summed E-state index contributed by atoms with van der Waals surface area (Å²) in [6.45, 7) is 14.0. The number of fused-ring (bicyclic) bond motifs is 1. The molecule has 0 N–H and O–H groups in total. The normalized spacial score (nSPS) is 20.4. The maximum atomic E-state index is 14.3. The van der Waals surface area contributed by atoms with Gasteiger partial charge >= 0.3 is 12.2 Å². The number of piperazine rings is 1. The Morgan fingerprint density at radius 1 is 1.16 bits per heavy atom. The molecule has 0 spiro atoms. The summed E-state index contributed by atoms with van der Waals surface area (Å²) >= 11 is 0. The molecule has 0 aromatic heterocycles. The van der Waals surface area contributed by atoms with Gasteiger partial charge in [0, 0.05) is 20.1 Å². The van der Waals surface area contributed by atoms with Gasteiger partial charge in [-0.2, -0.15) is 13.2 Å². The van der Waals surface area contributed by atoms with Crippen LogP contribution in [0.3, 0.4) is 0 Å². The highest BCUT2D eigenvalue weighted by atomic mass is 19.4. The zero-order chi connectivity index (χ0) is 31.7. The molecular weight excluding hydrogens is 555 g/mol.